The van der Waals surface area contributed by atoms with Crippen LogP contribution in [0.15, 0.2) is 48.5 Å². The van der Waals surface area contributed by atoms with Gasteiger partial charge in [0.15, 0.2) is 6.54 Å². The normalized spacial score (nSPS) is 12.0. The first-order valence-electron chi connectivity index (χ1n) is 8.28. The molecule has 0 saturated carbocycles. The molecule has 0 radical (unpaired) electrons. The molecule has 0 aliphatic rings. The number of likely N-dealkylation sites (N-methyl/N-ethyl adjacent to an activating group) is 1. The minimum Gasteiger partial charge on any atom is -0.347 e. The van der Waals surface area contributed by atoms with E-state index in [1.807, 2.05) is 12.1 Å². The van der Waals surface area contributed by atoms with Gasteiger partial charge in [-0.1, -0.05) is 55.5 Å². The average molecular weight is 311 g/mol. The van der Waals surface area contributed by atoms with Crippen LogP contribution in [0.3, 0.4) is 0 Å². The molecule has 1 atom stereocenters. The highest BCUT2D eigenvalue weighted by Crippen LogP contribution is 2.06. The van der Waals surface area contributed by atoms with Gasteiger partial charge in [-0.15, -0.1) is 0 Å². The number of carbonyl (C=O) groups is 1. The Kier molecular flexibility index (Phi) is 6.36. The molecule has 3 nitrogen and oxygen atoms in total. The van der Waals surface area contributed by atoms with Crippen LogP contribution in [0.25, 0.3) is 0 Å². The lowest BCUT2D eigenvalue weighted by Crippen LogP contribution is -3.08. The Bertz CT molecular complexity index is 634. The van der Waals surface area contributed by atoms with Crippen molar-refractivity contribution in [3.05, 3.63) is 70.8 Å². The van der Waals surface area contributed by atoms with Crippen molar-refractivity contribution >= 4 is 5.91 Å². The van der Waals surface area contributed by atoms with Crippen LogP contribution in [0.1, 0.15) is 29.2 Å². The second-order valence-corrected chi connectivity index (χ2v) is 6.18. The average Bonchev–Trinajstić information content (AvgIpc) is 2.54. The fourth-order valence-electron chi connectivity index (χ4n) is 2.64. The second-order valence-electron chi connectivity index (χ2n) is 6.18. The maximum atomic E-state index is 12.1. The zero-order chi connectivity index (χ0) is 16.7. The van der Waals surface area contributed by atoms with Crippen LogP contribution < -0.4 is 10.2 Å². The summed E-state index contributed by atoms with van der Waals surface area (Å²) in [6, 6.07) is 16.8. The van der Waals surface area contributed by atoms with Crippen LogP contribution in [0.5, 0.6) is 0 Å². The van der Waals surface area contributed by atoms with Crippen LogP contribution in [0.4, 0.5) is 0 Å². The van der Waals surface area contributed by atoms with E-state index in [9.17, 15) is 4.79 Å². The van der Waals surface area contributed by atoms with E-state index < -0.39 is 0 Å². The maximum Gasteiger partial charge on any atom is 0.275 e. The third-order valence-electron chi connectivity index (χ3n) is 4.14. The zero-order valence-electron chi connectivity index (χ0n) is 14.4. The Morgan fingerprint density at radius 3 is 2.35 bits per heavy atom. The number of carbonyl (C=O) groups excluding carboxylic acids is 1. The summed E-state index contributed by atoms with van der Waals surface area (Å²) in [4.78, 5) is 13.3. The summed E-state index contributed by atoms with van der Waals surface area (Å²) in [7, 11) is 2.06. The molecule has 0 fully saturated rings. The smallest absolute Gasteiger partial charge is 0.275 e. The molecule has 2 aromatic carbocycles. The summed E-state index contributed by atoms with van der Waals surface area (Å²) in [5, 5.41) is 3.01. The fourth-order valence-corrected chi connectivity index (χ4v) is 2.64. The molecule has 1 amide bonds. The molecule has 2 rings (SSSR count). The van der Waals surface area contributed by atoms with Crippen molar-refractivity contribution < 1.29 is 9.69 Å². The first-order valence-corrected chi connectivity index (χ1v) is 8.28. The van der Waals surface area contributed by atoms with Crippen molar-refractivity contribution in [2.24, 2.45) is 0 Å². The Labute approximate surface area is 139 Å². The van der Waals surface area contributed by atoms with Gasteiger partial charge in [-0.05, 0) is 30.0 Å². The van der Waals surface area contributed by atoms with Crippen molar-refractivity contribution in [3.8, 4) is 0 Å². The summed E-state index contributed by atoms with van der Waals surface area (Å²) in [5.74, 6) is 0.0935. The first kappa shape index (κ1) is 17.2. The summed E-state index contributed by atoms with van der Waals surface area (Å²) in [6.07, 6.45) is 1.06. The predicted octanol–water partition coefficient (Wildman–Crippen LogP) is 1.89. The lowest BCUT2D eigenvalue weighted by atomic mass is 10.1. The van der Waals surface area contributed by atoms with Crippen molar-refractivity contribution in [3.63, 3.8) is 0 Å². The van der Waals surface area contributed by atoms with Crippen LogP contribution in [0.2, 0.25) is 0 Å². The van der Waals surface area contributed by atoms with Crippen LogP contribution in [-0.4, -0.2) is 19.5 Å². The van der Waals surface area contributed by atoms with E-state index in [-0.39, 0.29) is 5.91 Å². The molecule has 0 bridgehead atoms. The van der Waals surface area contributed by atoms with Gasteiger partial charge in [0.25, 0.3) is 5.91 Å². The Balaban J connectivity index is 1.79. The molecule has 3 heteroatoms. The molecule has 1 unspecified atom stereocenters. The lowest BCUT2D eigenvalue weighted by Gasteiger charge is -2.14. The topological polar surface area (TPSA) is 33.5 Å². The van der Waals surface area contributed by atoms with Gasteiger partial charge in [0.1, 0.15) is 6.54 Å². The second kappa shape index (κ2) is 8.49. The molecular formula is C20H27N2O+. The van der Waals surface area contributed by atoms with Gasteiger partial charge in [0.05, 0.1) is 7.05 Å². The van der Waals surface area contributed by atoms with E-state index in [4.69, 9.17) is 0 Å². The zero-order valence-corrected chi connectivity index (χ0v) is 14.4. The molecule has 23 heavy (non-hydrogen) atoms. The van der Waals surface area contributed by atoms with Crippen molar-refractivity contribution in [1.82, 2.24) is 5.32 Å². The number of benzene rings is 2. The molecule has 2 aromatic rings. The van der Waals surface area contributed by atoms with Gasteiger partial charge in [-0.25, -0.2) is 0 Å². The monoisotopic (exact) mass is 311 g/mol. The highest BCUT2D eigenvalue weighted by molar-refractivity contribution is 5.76. The van der Waals surface area contributed by atoms with Gasteiger partial charge < -0.3 is 10.2 Å². The van der Waals surface area contributed by atoms with Gasteiger partial charge >= 0.3 is 0 Å². The third-order valence-corrected chi connectivity index (χ3v) is 4.14. The minimum absolute atomic E-state index is 0.0935. The molecule has 0 aliphatic heterocycles. The van der Waals surface area contributed by atoms with Crippen molar-refractivity contribution in [2.45, 2.75) is 33.4 Å². The largest absolute Gasteiger partial charge is 0.347 e. The molecule has 0 aromatic heterocycles. The van der Waals surface area contributed by atoms with E-state index in [1.165, 1.54) is 27.2 Å². The molecule has 0 spiro atoms. The fraction of sp³-hybridized carbons (Fsp3) is 0.350. The first-order chi connectivity index (χ1) is 11.1. The number of hydrogen-bond acceptors (Lipinski definition) is 1. The van der Waals surface area contributed by atoms with Crippen LogP contribution in [0, 0.1) is 6.92 Å². The molecule has 122 valence electrons. The number of quaternary nitrogens is 1. The molecule has 0 heterocycles. The van der Waals surface area contributed by atoms with Gasteiger partial charge in [0.2, 0.25) is 0 Å². The third kappa shape index (κ3) is 5.53. The Morgan fingerprint density at radius 1 is 1.04 bits per heavy atom. The molecule has 2 N–H and O–H groups in total. The summed E-state index contributed by atoms with van der Waals surface area (Å²) in [5.41, 5.74) is 5.01. The number of hydrogen-bond donors (Lipinski definition) is 2. The van der Waals surface area contributed by atoms with Gasteiger partial charge in [-0.3, -0.25) is 4.79 Å². The van der Waals surface area contributed by atoms with E-state index in [0.717, 1.165) is 13.0 Å². The molecule has 0 aliphatic carbocycles. The van der Waals surface area contributed by atoms with Gasteiger partial charge in [-0.2, -0.15) is 0 Å². The highest BCUT2D eigenvalue weighted by atomic mass is 16.2. The SMILES string of the molecule is CCc1ccc(C[NH+](C)CC(=O)NCc2ccccc2C)cc1. The van der Waals surface area contributed by atoms with E-state index in [1.54, 1.807) is 0 Å². The summed E-state index contributed by atoms with van der Waals surface area (Å²) in [6.45, 7) is 6.18. The summed E-state index contributed by atoms with van der Waals surface area (Å²) < 4.78 is 0. The van der Waals surface area contributed by atoms with E-state index in [0.29, 0.717) is 13.1 Å². The number of amides is 1. The lowest BCUT2D eigenvalue weighted by molar-refractivity contribution is -0.885. The maximum absolute atomic E-state index is 12.1. The van der Waals surface area contributed by atoms with Crippen LogP contribution in [-0.2, 0) is 24.3 Å². The standard InChI is InChI=1S/C20H26N2O/c1-4-17-9-11-18(12-10-17)14-22(3)15-20(23)21-13-19-8-6-5-7-16(19)2/h5-12H,4,13-15H2,1-3H3,(H,21,23)/p+1. The van der Waals surface area contributed by atoms with E-state index in [2.05, 4.69) is 62.6 Å². The van der Waals surface area contributed by atoms with Crippen LogP contribution >= 0.6 is 0 Å². The van der Waals surface area contributed by atoms with Gasteiger partial charge in [0, 0.05) is 12.1 Å². The summed E-state index contributed by atoms with van der Waals surface area (Å²) >= 11 is 0. The number of aryl methyl sites for hydroxylation is 2. The number of nitrogens with one attached hydrogen (secondary N) is 2. The van der Waals surface area contributed by atoms with Crippen molar-refractivity contribution in [2.75, 3.05) is 13.6 Å². The Morgan fingerprint density at radius 2 is 1.70 bits per heavy atom. The predicted molar refractivity (Wildman–Crippen MR) is 94.3 cm³/mol. The highest BCUT2D eigenvalue weighted by Gasteiger charge is 2.10. The molecule has 0 saturated heterocycles. The van der Waals surface area contributed by atoms with Crippen molar-refractivity contribution in [1.29, 1.82) is 0 Å². The quantitative estimate of drug-likeness (QED) is 0.804. The minimum atomic E-state index is 0.0935. The number of rotatable bonds is 7. The Hall–Kier alpha value is -2.13. The molecular weight excluding hydrogens is 284 g/mol. The van der Waals surface area contributed by atoms with E-state index >= 15 is 0 Å².